The number of hydrogen-bond donors (Lipinski definition) is 1. The second-order valence-corrected chi connectivity index (χ2v) is 6.84. The Hall–Kier alpha value is -2.11. The van der Waals surface area contributed by atoms with Crippen LogP contribution in [0.25, 0.3) is 0 Å². The molecule has 2 N–H and O–H groups in total. The lowest BCUT2D eigenvalue weighted by molar-refractivity contribution is 0.0204. The van der Waals surface area contributed by atoms with Crippen LogP contribution in [-0.2, 0) is 4.74 Å². The number of piperidine rings is 1. The maximum Gasteiger partial charge on any atom is 0.410 e. The Labute approximate surface area is 135 Å². The number of hydrogen-bond acceptors (Lipinski definition) is 3. The Balaban J connectivity index is 2.05. The van der Waals surface area contributed by atoms with Crippen LogP contribution in [0.4, 0.5) is 9.18 Å². The smallest absolute Gasteiger partial charge is 0.410 e. The molecule has 1 fully saturated rings. The Kier molecular flexibility index (Phi) is 4.92. The average Bonchev–Trinajstić information content (AvgIpc) is 2.45. The molecule has 1 heterocycles. The molecule has 1 aliphatic rings. The maximum absolute atomic E-state index is 13.3. The highest BCUT2D eigenvalue weighted by Gasteiger charge is 2.29. The van der Waals surface area contributed by atoms with Crippen LogP contribution in [0, 0.1) is 5.82 Å². The van der Waals surface area contributed by atoms with E-state index in [-0.39, 0.29) is 17.6 Å². The molecule has 0 aromatic heterocycles. The van der Waals surface area contributed by atoms with Crippen LogP contribution in [0.15, 0.2) is 18.2 Å². The molecule has 0 unspecified atom stereocenters. The summed E-state index contributed by atoms with van der Waals surface area (Å²) in [4.78, 5) is 25.2. The van der Waals surface area contributed by atoms with Crippen molar-refractivity contribution in [3.05, 3.63) is 35.1 Å². The number of primary amides is 1. The third-order valence-electron chi connectivity index (χ3n) is 3.87. The lowest BCUT2D eigenvalue weighted by Crippen LogP contribution is -2.41. The second-order valence-electron chi connectivity index (χ2n) is 6.84. The summed E-state index contributed by atoms with van der Waals surface area (Å²) in [6.07, 6.45) is 1.04. The Morgan fingerprint density at radius 1 is 1.26 bits per heavy atom. The van der Waals surface area contributed by atoms with Crippen LogP contribution in [-0.4, -0.2) is 35.6 Å². The van der Waals surface area contributed by atoms with Crippen molar-refractivity contribution < 1.29 is 18.7 Å². The molecule has 1 aromatic carbocycles. The van der Waals surface area contributed by atoms with Crippen molar-refractivity contribution in [1.29, 1.82) is 0 Å². The molecule has 126 valence electrons. The Morgan fingerprint density at radius 3 is 2.39 bits per heavy atom. The first-order chi connectivity index (χ1) is 10.7. The van der Waals surface area contributed by atoms with E-state index >= 15 is 0 Å². The van der Waals surface area contributed by atoms with E-state index in [4.69, 9.17) is 10.5 Å². The summed E-state index contributed by atoms with van der Waals surface area (Å²) in [6, 6.07) is 4.13. The number of halogens is 1. The molecule has 0 atom stereocenters. The van der Waals surface area contributed by atoms with E-state index < -0.39 is 17.3 Å². The highest BCUT2D eigenvalue weighted by atomic mass is 19.1. The number of ether oxygens (including phenoxy) is 1. The molecule has 5 nitrogen and oxygen atoms in total. The van der Waals surface area contributed by atoms with E-state index in [1.54, 1.807) is 11.0 Å². The van der Waals surface area contributed by atoms with Crippen LogP contribution in [0.2, 0.25) is 0 Å². The SMILES string of the molecule is CC(C)(C)OC(=O)N1CCC(c2ccc(F)cc2C(N)=O)CC1. The molecule has 6 heteroatoms. The molecule has 1 saturated heterocycles. The zero-order chi connectivity index (χ0) is 17.2. The molecule has 23 heavy (non-hydrogen) atoms. The van der Waals surface area contributed by atoms with Gasteiger partial charge in [0.15, 0.2) is 0 Å². The topological polar surface area (TPSA) is 72.6 Å². The van der Waals surface area contributed by atoms with Crippen molar-refractivity contribution in [3.63, 3.8) is 0 Å². The molecular formula is C17H23FN2O3. The number of nitrogens with two attached hydrogens (primary N) is 1. The van der Waals surface area contributed by atoms with Gasteiger partial charge in [-0.2, -0.15) is 0 Å². The summed E-state index contributed by atoms with van der Waals surface area (Å²) in [5.74, 6) is -1.03. The van der Waals surface area contributed by atoms with Crippen molar-refractivity contribution in [2.45, 2.75) is 45.1 Å². The minimum Gasteiger partial charge on any atom is -0.444 e. The van der Waals surface area contributed by atoms with Crippen LogP contribution in [0.1, 0.15) is 55.5 Å². The largest absolute Gasteiger partial charge is 0.444 e. The lowest BCUT2D eigenvalue weighted by Gasteiger charge is -2.34. The molecular weight excluding hydrogens is 299 g/mol. The molecule has 1 aromatic rings. The van der Waals surface area contributed by atoms with Crippen molar-refractivity contribution in [1.82, 2.24) is 4.90 Å². The Morgan fingerprint density at radius 2 is 1.87 bits per heavy atom. The minimum atomic E-state index is -0.630. The van der Waals surface area contributed by atoms with Crippen LogP contribution in [0.5, 0.6) is 0 Å². The van der Waals surface area contributed by atoms with Gasteiger partial charge < -0.3 is 15.4 Å². The monoisotopic (exact) mass is 322 g/mol. The standard InChI is InChI=1S/C17H23FN2O3/c1-17(2,3)23-16(22)20-8-6-11(7-9-20)13-5-4-12(18)10-14(13)15(19)21/h4-5,10-11H,6-9H2,1-3H3,(H2,19,21). The predicted molar refractivity (Wildman–Crippen MR) is 84.7 cm³/mol. The lowest BCUT2D eigenvalue weighted by atomic mass is 9.86. The van der Waals surface area contributed by atoms with Gasteiger partial charge in [-0.05, 0) is 57.2 Å². The summed E-state index contributed by atoms with van der Waals surface area (Å²) < 4.78 is 18.7. The number of nitrogens with zero attached hydrogens (tertiary/aromatic N) is 1. The first kappa shape index (κ1) is 17.2. The normalized spacial score (nSPS) is 16.3. The van der Waals surface area contributed by atoms with E-state index in [9.17, 15) is 14.0 Å². The molecule has 2 rings (SSSR count). The van der Waals surface area contributed by atoms with Gasteiger partial charge in [-0.1, -0.05) is 6.07 Å². The average molecular weight is 322 g/mol. The highest BCUT2D eigenvalue weighted by molar-refractivity contribution is 5.94. The third kappa shape index (κ3) is 4.43. The molecule has 0 spiro atoms. The number of rotatable bonds is 2. The number of carbonyl (C=O) groups is 2. The summed E-state index contributed by atoms with van der Waals surface area (Å²) >= 11 is 0. The zero-order valence-electron chi connectivity index (χ0n) is 13.8. The highest BCUT2D eigenvalue weighted by Crippen LogP contribution is 2.31. The van der Waals surface area contributed by atoms with E-state index in [0.717, 1.165) is 5.56 Å². The first-order valence-corrected chi connectivity index (χ1v) is 7.74. The van der Waals surface area contributed by atoms with Gasteiger partial charge in [0.2, 0.25) is 5.91 Å². The van der Waals surface area contributed by atoms with Crippen molar-refractivity contribution in [2.75, 3.05) is 13.1 Å². The number of benzene rings is 1. The van der Waals surface area contributed by atoms with Crippen molar-refractivity contribution >= 4 is 12.0 Å². The van der Waals surface area contributed by atoms with Gasteiger partial charge >= 0.3 is 6.09 Å². The minimum absolute atomic E-state index is 0.0804. The van der Waals surface area contributed by atoms with E-state index in [1.165, 1.54) is 12.1 Å². The summed E-state index contributed by atoms with van der Waals surface area (Å²) in [5, 5.41) is 0. The van der Waals surface area contributed by atoms with E-state index in [1.807, 2.05) is 20.8 Å². The van der Waals surface area contributed by atoms with Gasteiger partial charge in [-0.3, -0.25) is 4.79 Å². The predicted octanol–water partition coefficient (Wildman–Crippen LogP) is 3.04. The van der Waals surface area contributed by atoms with Gasteiger partial charge in [0.25, 0.3) is 0 Å². The van der Waals surface area contributed by atoms with E-state index in [0.29, 0.717) is 25.9 Å². The Bertz CT molecular complexity index is 602. The van der Waals surface area contributed by atoms with Gasteiger partial charge in [-0.15, -0.1) is 0 Å². The van der Waals surface area contributed by atoms with Gasteiger partial charge in [0, 0.05) is 18.7 Å². The molecule has 0 aliphatic carbocycles. The zero-order valence-corrected chi connectivity index (χ0v) is 13.8. The fourth-order valence-electron chi connectivity index (χ4n) is 2.80. The summed E-state index contributed by atoms with van der Waals surface area (Å²) in [6.45, 7) is 6.56. The van der Waals surface area contributed by atoms with Gasteiger partial charge in [-0.25, -0.2) is 9.18 Å². The second kappa shape index (κ2) is 6.56. The molecule has 0 radical (unpaired) electrons. The first-order valence-electron chi connectivity index (χ1n) is 7.74. The molecule has 0 saturated carbocycles. The van der Waals surface area contributed by atoms with Crippen molar-refractivity contribution in [2.24, 2.45) is 5.73 Å². The van der Waals surface area contributed by atoms with Crippen LogP contribution < -0.4 is 5.73 Å². The van der Waals surface area contributed by atoms with Crippen molar-refractivity contribution in [3.8, 4) is 0 Å². The van der Waals surface area contributed by atoms with Gasteiger partial charge in [0.1, 0.15) is 11.4 Å². The third-order valence-corrected chi connectivity index (χ3v) is 3.87. The quantitative estimate of drug-likeness (QED) is 0.909. The summed E-state index contributed by atoms with van der Waals surface area (Å²) in [5.41, 5.74) is 5.80. The molecule has 0 bridgehead atoms. The van der Waals surface area contributed by atoms with Crippen LogP contribution >= 0.6 is 0 Å². The molecule has 2 amide bonds. The maximum atomic E-state index is 13.3. The van der Waals surface area contributed by atoms with E-state index in [2.05, 4.69) is 0 Å². The fourth-order valence-corrected chi connectivity index (χ4v) is 2.80. The van der Waals surface area contributed by atoms with Crippen LogP contribution in [0.3, 0.4) is 0 Å². The molecule has 1 aliphatic heterocycles. The number of likely N-dealkylation sites (tertiary alicyclic amines) is 1. The van der Waals surface area contributed by atoms with Gasteiger partial charge in [0.05, 0.1) is 0 Å². The number of amides is 2. The summed E-state index contributed by atoms with van der Waals surface area (Å²) in [7, 11) is 0. The fraction of sp³-hybridized carbons (Fsp3) is 0.529. The number of carbonyl (C=O) groups excluding carboxylic acids is 2.